The fraction of sp³-hybridized carbons (Fsp3) is 0.444. The SMILES string of the molecule is O=C(c1cccc2c1COC2)N1CCCC(Cn2ccnc2)C1. The molecule has 0 saturated carbocycles. The molecular weight excluding hydrogens is 290 g/mol. The van der Waals surface area contributed by atoms with Gasteiger partial charge in [-0.1, -0.05) is 12.1 Å². The van der Waals surface area contributed by atoms with Crippen molar-refractivity contribution in [3.63, 3.8) is 0 Å². The third kappa shape index (κ3) is 2.88. The number of ether oxygens (including phenoxy) is 1. The van der Waals surface area contributed by atoms with Crippen molar-refractivity contribution >= 4 is 5.91 Å². The summed E-state index contributed by atoms with van der Waals surface area (Å²) in [5.41, 5.74) is 3.06. The summed E-state index contributed by atoms with van der Waals surface area (Å²) in [6.07, 6.45) is 7.87. The lowest BCUT2D eigenvalue weighted by Gasteiger charge is -2.33. The number of hydrogen-bond donors (Lipinski definition) is 0. The Hall–Kier alpha value is -2.14. The molecule has 1 unspecified atom stereocenters. The molecule has 5 heteroatoms. The van der Waals surface area contributed by atoms with Crippen molar-refractivity contribution < 1.29 is 9.53 Å². The van der Waals surface area contributed by atoms with Gasteiger partial charge >= 0.3 is 0 Å². The van der Waals surface area contributed by atoms with E-state index in [2.05, 4.69) is 15.6 Å². The molecule has 3 heterocycles. The Kier molecular flexibility index (Phi) is 3.87. The van der Waals surface area contributed by atoms with Gasteiger partial charge in [0.25, 0.3) is 5.91 Å². The van der Waals surface area contributed by atoms with Crippen molar-refractivity contribution in [1.29, 1.82) is 0 Å². The number of benzene rings is 1. The van der Waals surface area contributed by atoms with Crippen LogP contribution in [0.1, 0.15) is 34.3 Å². The molecule has 0 N–H and O–H groups in total. The van der Waals surface area contributed by atoms with Gasteiger partial charge in [-0.15, -0.1) is 0 Å². The number of rotatable bonds is 3. The highest BCUT2D eigenvalue weighted by Gasteiger charge is 2.27. The second-order valence-corrected chi connectivity index (χ2v) is 6.45. The Morgan fingerprint density at radius 2 is 2.30 bits per heavy atom. The molecule has 1 atom stereocenters. The lowest BCUT2D eigenvalue weighted by molar-refractivity contribution is 0.0658. The number of amides is 1. The Morgan fingerprint density at radius 1 is 1.35 bits per heavy atom. The van der Waals surface area contributed by atoms with Gasteiger partial charge in [0.1, 0.15) is 0 Å². The van der Waals surface area contributed by atoms with Crippen LogP contribution in [0.15, 0.2) is 36.9 Å². The highest BCUT2D eigenvalue weighted by molar-refractivity contribution is 5.96. The molecule has 23 heavy (non-hydrogen) atoms. The first-order valence-electron chi connectivity index (χ1n) is 8.25. The normalized spacial score (nSPS) is 20.5. The van der Waals surface area contributed by atoms with Crippen LogP contribution < -0.4 is 0 Å². The molecule has 1 amide bonds. The lowest BCUT2D eigenvalue weighted by Crippen LogP contribution is -2.41. The molecule has 4 rings (SSSR count). The topological polar surface area (TPSA) is 47.4 Å². The third-order valence-corrected chi connectivity index (χ3v) is 4.84. The van der Waals surface area contributed by atoms with Crippen LogP contribution in [0.5, 0.6) is 0 Å². The minimum atomic E-state index is 0.155. The van der Waals surface area contributed by atoms with Gasteiger partial charge in [0, 0.05) is 37.6 Å². The molecule has 1 aromatic carbocycles. The van der Waals surface area contributed by atoms with Crippen LogP contribution in [0.3, 0.4) is 0 Å². The fourth-order valence-corrected chi connectivity index (χ4v) is 3.67. The van der Waals surface area contributed by atoms with Crippen LogP contribution in [0.2, 0.25) is 0 Å². The summed E-state index contributed by atoms with van der Waals surface area (Å²) in [5.74, 6) is 0.651. The van der Waals surface area contributed by atoms with E-state index in [9.17, 15) is 4.79 Å². The van der Waals surface area contributed by atoms with E-state index >= 15 is 0 Å². The molecule has 5 nitrogen and oxygen atoms in total. The molecule has 120 valence electrons. The summed E-state index contributed by atoms with van der Waals surface area (Å²) in [5, 5.41) is 0. The molecule has 0 spiro atoms. The smallest absolute Gasteiger partial charge is 0.254 e. The number of imidazole rings is 1. The van der Waals surface area contributed by atoms with Crippen LogP contribution in [0, 0.1) is 5.92 Å². The van der Waals surface area contributed by atoms with Crippen molar-refractivity contribution in [1.82, 2.24) is 14.5 Å². The number of nitrogens with zero attached hydrogens (tertiary/aromatic N) is 3. The molecule has 2 aliphatic heterocycles. The predicted molar refractivity (Wildman–Crippen MR) is 85.8 cm³/mol. The van der Waals surface area contributed by atoms with Gasteiger partial charge in [-0.2, -0.15) is 0 Å². The van der Waals surface area contributed by atoms with Crippen molar-refractivity contribution in [3.05, 3.63) is 53.6 Å². The molecule has 1 aromatic heterocycles. The number of fused-ring (bicyclic) bond motifs is 1. The number of piperidine rings is 1. The van der Waals surface area contributed by atoms with Gasteiger partial charge in [-0.05, 0) is 36.0 Å². The summed E-state index contributed by atoms with van der Waals surface area (Å²) < 4.78 is 7.61. The maximum absolute atomic E-state index is 13.0. The fourth-order valence-electron chi connectivity index (χ4n) is 3.67. The second kappa shape index (κ2) is 6.16. The Balaban J connectivity index is 1.49. The number of aromatic nitrogens is 2. The summed E-state index contributed by atoms with van der Waals surface area (Å²) in [4.78, 5) is 19.1. The van der Waals surface area contributed by atoms with Crippen molar-refractivity contribution in [2.24, 2.45) is 5.92 Å². The van der Waals surface area contributed by atoms with Gasteiger partial charge < -0.3 is 14.2 Å². The molecular formula is C18H21N3O2. The average molecular weight is 311 g/mol. The van der Waals surface area contributed by atoms with Gasteiger partial charge in [0.05, 0.1) is 19.5 Å². The van der Waals surface area contributed by atoms with E-state index in [1.165, 1.54) is 0 Å². The van der Waals surface area contributed by atoms with Gasteiger partial charge in [0.15, 0.2) is 0 Å². The molecule has 0 aliphatic carbocycles. The van der Waals surface area contributed by atoms with Crippen molar-refractivity contribution in [2.45, 2.75) is 32.6 Å². The van der Waals surface area contributed by atoms with Crippen LogP contribution in [0.25, 0.3) is 0 Å². The highest BCUT2D eigenvalue weighted by atomic mass is 16.5. The van der Waals surface area contributed by atoms with E-state index in [0.29, 0.717) is 19.1 Å². The van der Waals surface area contributed by atoms with E-state index in [4.69, 9.17) is 4.74 Å². The maximum Gasteiger partial charge on any atom is 0.254 e. The third-order valence-electron chi connectivity index (χ3n) is 4.84. The van der Waals surface area contributed by atoms with Gasteiger partial charge in [0.2, 0.25) is 0 Å². The lowest BCUT2D eigenvalue weighted by atomic mass is 9.96. The van der Waals surface area contributed by atoms with Crippen molar-refractivity contribution in [3.8, 4) is 0 Å². The maximum atomic E-state index is 13.0. The minimum Gasteiger partial charge on any atom is -0.372 e. The van der Waals surface area contributed by atoms with E-state index < -0.39 is 0 Å². The predicted octanol–water partition coefficient (Wildman–Crippen LogP) is 2.47. The Bertz CT molecular complexity index is 696. The summed E-state index contributed by atoms with van der Waals surface area (Å²) >= 11 is 0. The monoisotopic (exact) mass is 311 g/mol. The zero-order valence-electron chi connectivity index (χ0n) is 13.1. The average Bonchev–Trinajstić information content (AvgIpc) is 3.25. The van der Waals surface area contributed by atoms with Crippen molar-refractivity contribution in [2.75, 3.05) is 13.1 Å². The molecule has 2 aromatic rings. The molecule has 0 bridgehead atoms. The van der Waals surface area contributed by atoms with Crippen LogP contribution >= 0.6 is 0 Å². The first kappa shape index (κ1) is 14.5. The first-order valence-corrected chi connectivity index (χ1v) is 8.25. The number of carbonyl (C=O) groups is 1. The number of likely N-dealkylation sites (tertiary alicyclic amines) is 1. The molecule has 0 radical (unpaired) electrons. The second-order valence-electron chi connectivity index (χ2n) is 6.45. The van der Waals surface area contributed by atoms with Gasteiger partial charge in [-0.25, -0.2) is 4.98 Å². The van der Waals surface area contributed by atoms with Crippen LogP contribution in [-0.2, 0) is 24.5 Å². The first-order chi connectivity index (χ1) is 11.3. The highest BCUT2D eigenvalue weighted by Crippen LogP contribution is 2.26. The molecule has 1 fully saturated rings. The largest absolute Gasteiger partial charge is 0.372 e. The van der Waals surface area contributed by atoms with E-state index in [0.717, 1.165) is 49.2 Å². The Morgan fingerprint density at radius 3 is 3.17 bits per heavy atom. The number of carbonyl (C=O) groups excluding carboxylic acids is 1. The molecule has 2 aliphatic rings. The van der Waals surface area contributed by atoms with Crippen LogP contribution in [-0.4, -0.2) is 33.4 Å². The quantitative estimate of drug-likeness (QED) is 0.875. The standard InChI is InChI=1S/C18H21N3O2/c22-18(16-5-1-4-15-11-23-12-17(15)16)21-7-2-3-14(10-21)9-20-8-6-19-13-20/h1,4-6,8,13-14H,2-3,7,9-12H2. The van der Waals surface area contributed by atoms with E-state index in [1.54, 1.807) is 6.20 Å². The summed E-state index contributed by atoms with van der Waals surface area (Å²) in [6.45, 7) is 3.79. The van der Waals surface area contributed by atoms with Gasteiger partial charge in [-0.3, -0.25) is 4.79 Å². The Labute approximate surface area is 135 Å². The molecule has 1 saturated heterocycles. The number of hydrogen-bond acceptors (Lipinski definition) is 3. The zero-order chi connectivity index (χ0) is 15.6. The van der Waals surface area contributed by atoms with E-state index in [1.807, 2.05) is 29.6 Å². The zero-order valence-corrected chi connectivity index (χ0v) is 13.1. The van der Waals surface area contributed by atoms with E-state index in [-0.39, 0.29) is 5.91 Å². The minimum absolute atomic E-state index is 0.155. The summed E-state index contributed by atoms with van der Waals surface area (Å²) in [6, 6.07) is 5.96. The summed E-state index contributed by atoms with van der Waals surface area (Å²) in [7, 11) is 0. The van der Waals surface area contributed by atoms with Crippen LogP contribution in [0.4, 0.5) is 0 Å².